The summed E-state index contributed by atoms with van der Waals surface area (Å²) in [6.45, 7) is 2.73. The van der Waals surface area contributed by atoms with Crippen LogP contribution >= 0.6 is 7.60 Å². The summed E-state index contributed by atoms with van der Waals surface area (Å²) < 4.78 is 11.3. The van der Waals surface area contributed by atoms with Crippen LogP contribution in [0.4, 0.5) is 0 Å². The van der Waals surface area contributed by atoms with Gasteiger partial charge in [-0.1, -0.05) is 12.8 Å². The summed E-state index contributed by atoms with van der Waals surface area (Å²) in [5, 5.41) is -1.53. The van der Waals surface area contributed by atoms with Gasteiger partial charge in [-0.15, -0.1) is 0 Å². The van der Waals surface area contributed by atoms with Crippen molar-refractivity contribution in [2.75, 3.05) is 0 Å². The Kier molecular flexibility index (Phi) is 4.25. The Morgan fingerprint density at radius 2 is 1.79 bits per heavy atom. The van der Waals surface area contributed by atoms with Crippen LogP contribution in [0.2, 0.25) is 0 Å². The highest BCUT2D eigenvalue weighted by atomic mass is 31.2. The molecule has 0 aromatic carbocycles. The molecule has 0 heterocycles. The van der Waals surface area contributed by atoms with Crippen molar-refractivity contribution in [2.24, 2.45) is 17.8 Å². The lowest BCUT2D eigenvalue weighted by Gasteiger charge is -2.42. The monoisotopic (exact) mass is 288 g/mol. The minimum atomic E-state index is -4.36. The maximum atomic E-state index is 12.1. The van der Waals surface area contributed by atoms with Crippen LogP contribution in [-0.4, -0.2) is 20.7 Å². The SMILES string of the molecule is CC(C)(C(=O)CCC1CC2CCC1CC2)P(=O)(O)O. The molecule has 3 aliphatic rings. The maximum Gasteiger partial charge on any atom is 0.338 e. The molecule has 0 radical (unpaired) electrons. The third-order valence-electron chi connectivity index (χ3n) is 5.35. The number of fused-ring (bicyclic) bond motifs is 3. The molecule has 0 amide bonds. The van der Waals surface area contributed by atoms with E-state index in [-0.39, 0.29) is 5.78 Å². The average molecular weight is 288 g/mol. The first-order chi connectivity index (χ1) is 8.72. The van der Waals surface area contributed by atoms with Crippen LogP contribution < -0.4 is 0 Å². The van der Waals surface area contributed by atoms with Crippen molar-refractivity contribution in [3.8, 4) is 0 Å². The van der Waals surface area contributed by atoms with E-state index in [9.17, 15) is 19.1 Å². The summed E-state index contributed by atoms with van der Waals surface area (Å²) >= 11 is 0. The third kappa shape index (κ3) is 3.12. The van der Waals surface area contributed by atoms with Crippen LogP contribution in [0.5, 0.6) is 0 Å². The molecule has 3 fully saturated rings. The summed E-state index contributed by atoms with van der Waals surface area (Å²) in [5.41, 5.74) is 0. The van der Waals surface area contributed by atoms with Gasteiger partial charge in [-0.2, -0.15) is 0 Å². The van der Waals surface area contributed by atoms with Crippen molar-refractivity contribution in [3.05, 3.63) is 0 Å². The number of ketones is 1. The molecule has 1 unspecified atom stereocenters. The van der Waals surface area contributed by atoms with E-state index >= 15 is 0 Å². The van der Waals surface area contributed by atoms with E-state index < -0.39 is 12.8 Å². The quantitative estimate of drug-likeness (QED) is 0.762. The number of hydrogen-bond donors (Lipinski definition) is 2. The fourth-order valence-electron chi connectivity index (χ4n) is 3.65. The molecule has 5 heteroatoms. The van der Waals surface area contributed by atoms with E-state index in [4.69, 9.17) is 0 Å². The van der Waals surface area contributed by atoms with Crippen molar-refractivity contribution in [2.45, 2.75) is 63.9 Å². The Morgan fingerprint density at radius 1 is 1.21 bits per heavy atom. The third-order valence-corrected chi connectivity index (χ3v) is 7.05. The first kappa shape index (κ1) is 15.2. The van der Waals surface area contributed by atoms with E-state index in [1.54, 1.807) is 0 Å². The summed E-state index contributed by atoms with van der Waals surface area (Å²) in [6.07, 6.45) is 7.58. The topological polar surface area (TPSA) is 74.6 Å². The fourth-order valence-corrected chi connectivity index (χ4v) is 4.09. The van der Waals surface area contributed by atoms with E-state index in [1.165, 1.54) is 46.0 Å². The van der Waals surface area contributed by atoms with Crippen molar-refractivity contribution in [1.29, 1.82) is 0 Å². The molecular formula is C14H25O4P. The van der Waals surface area contributed by atoms with Crippen LogP contribution in [0.15, 0.2) is 0 Å². The zero-order valence-electron chi connectivity index (χ0n) is 11.8. The summed E-state index contributed by atoms with van der Waals surface area (Å²) in [7, 11) is -4.36. The second kappa shape index (κ2) is 5.31. The Bertz CT molecular complexity index is 390. The smallest absolute Gasteiger partial charge is 0.324 e. The minimum absolute atomic E-state index is 0.290. The lowest BCUT2D eigenvalue weighted by Crippen LogP contribution is -2.34. The van der Waals surface area contributed by atoms with Gasteiger partial charge in [0, 0.05) is 6.42 Å². The zero-order valence-corrected chi connectivity index (χ0v) is 12.7. The number of hydrogen-bond acceptors (Lipinski definition) is 2. The Hall–Kier alpha value is -0.180. The minimum Gasteiger partial charge on any atom is -0.324 e. The molecule has 0 saturated heterocycles. The van der Waals surface area contributed by atoms with Crippen LogP contribution in [-0.2, 0) is 9.36 Å². The standard InChI is InChI=1S/C14H25O4P/c1-14(2,19(16,17)18)13(15)8-7-12-9-10-3-5-11(12)6-4-10/h10-12H,3-9H2,1-2H3,(H2,16,17,18). The molecule has 3 saturated carbocycles. The molecule has 2 bridgehead atoms. The van der Waals surface area contributed by atoms with Gasteiger partial charge in [0.25, 0.3) is 0 Å². The second-order valence-corrected chi connectivity index (χ2v) is 9.05. The largest absolute Gasteiger partial charge is 0.338 e. The lowest BCUT2D eigenvalue weighted by atomic mass is 9.63. The highest BCUT2D eigenvalue weighted by Gasteiger charge is 2.44. The van der Waals surface area contributed by atoms with Gasteiger partial charge >= 0.3 is 7.60 Å². The van der Waals surface area contributed by atoms with Crippen molar-refractivity contribution < 1.29 is 19.1 Å². The van der Waals surface area contributed by atoms with Crippen LogP contribution in [0.3, 0.4) is 0 Å². The van der Waals surface area contributed by atoms with E-state index in [0.717, 1.165) is 18.3 Å². The molecule has 1 atom stereocenters. The zero-order chi connectivity index (χ0) is 14.3. The fraction of sp³-hybridized carbons (Fsp3) is 0.929. The van der Waals surface area contributed by atoms with Crippen molar-refractivity contribution >= 4 is 13.4 Å². The van der Waals surface area contributed by atoms with Gasteiger partial charge in [-0.05, 0) is 57.3 Å². The van der Waals surface area contributed by atoms with Gasteiger partial charge in [0.05, 0.1) is 0 Å². The highest BCUT2D eigenvalue weighted by Crippen LogP contribution is 2.52. The van der Waals surface area contributed by atoms with Crippen molar-refractivity contribution in [1.82, 2.24) is 0 Å². The van der Waals surface area contributed by atoms with Gasteiger partial charge in [-0.25, -0.2) is 0 Å². The molecule has 0 aliphatic heterocycles. The normalized spacial score (nSPS) is 31.5. The summed E-state index contributed by atoms with van der Waals surface area (Å²) in [5.74, 6) is 1.89. The molecule has 4 nitrogen and oxygen atoms in total. The lowest BCUT2D eigenvalue weighted by molar-refractivity contribution is -0.121. The maximum absolute atomic E-state index is 12.1. The number of rotatable bonds is 5. The predicted molar refractivity (Wildman–Crippen MR) is 73.9 cm³/mol. The summed E-state index contributed by atoms with van der Waals surface area (Å²) in [6, 6.07) is 0. The number of carbonyl (C=O) groups excluding carboxylic acids is 1. The second-order valence-electron chi connectivity index (χ2n) is 6.84. The first-order valence-electron chi connectivity index (χ1n) is 7.30. The molecule has 0 spiro atoms. The predicted octanol–water partition coefficient (Wildman–Crippen LogP) is 3.12. The van der Waals surface area contributed by atoms with Crippen LogP contribution in [0.25, 0.3) is 0 Å². The Labute approximate surface area is 115 Å². The molecule has 2 N–H and O–H groups in total. The molecule has 0 aromatic rings. The number of carbonyl (C=O) groups is 1. The summed E-state index contributed by atoms with van der Waals surface area (Å²) in [4.78, 5) is 30.6. The number of Topliss-reactive ketones (excluding diaryl/α,β-unsaturated/α-hetero) is 1. The Balaban J connectivity index is 1.89. The Morgan fingerprint density at radius 3 is 2.21 bits per heavy atom. The van der Waals surface area contributed by atoms with Crippen molar-refractivity contribution in [3.63, 3.8) is 0 Å². The van der Waals surface area contributed by atoms with Gasteiger partial charge < -0.3 is 9.79 Å². The van der Waals surface area contributed by atoms with E-state index in [0.29, 0.717) is 12.3 Å². The van der Waals surface area contributed by atoms with Gasteiger partial charge in [0.1, 0.15) is 5.16 Å². The van der Waals surface area contributed by atoms with Gasteiger partial charge in [0.2, 0.25) is 0 Å². The van der Waals surface area contributed by atoms with E-state index in [1.807, 2.05) is 0 Å². The van der Waals surface area contributed by atoms with Crippen LogP contribution in [0, 0.1) is 17.8 Å². The van der Waals surface area contributed by atoms with Crippen LogP contribution in [0.1, 0.15) is 58.8 Å². The van der Waals surface area contributed by atoms with Gasteiger partial charge in [0.15, 0.2) is 5.78 Å². The molecule has 0 aromatic heterocycles. The highest BCUT2D eigenvalue weighted by molar-refractivity contribution is 7.54. The molecule has 110 valence electrons. The molecule has 19 heavy (non-hydrogen) atoms. The molecular weight excluding hydrogens is 263 g/mol. The average Bonchev–Trinajstić information content (AvgIpc) is 2.36. The van der Waals surface area contributed by atoms with E-state index in [2.05, 4.69) is 0 Å². The van der Waals surface area contributed by atoms with Gasteiger partial charge in [-0.3, -0.25) is 9.36 Å². The first-order valence-corrected chi connectivity index (χ1v) is 8.92. The molecule has 3 rings (SSSR count). The molecule has 3 aliphatic carbocycles.